The molecule has 2 N–H and O–H groups in total. The number of aromatic amines is 1. The van der Waals surface area contributed by atoms with Crippen LogP contribution < -0.4 is 4.74 Å². The molecule has 2 unspecified atom stereocenters. The number of methoxy groups -OCH3 is 1. The van der Waals surface area contributed by atoms with E-state index in [0.717, 1.165) is 53.6 Å². The van der Waals surface area contributed by atoms with Crippen molar-refractivity contribution >= 4 is 34.1 Å². The third kappa shape index (κ3) is 2.49. The van der Waals surface area contributed by atoms with Crippen LogP contribution in [0.15, 0.2) is 18.2 Å². The molecule has 0 radical (unpaired) electrons. The van der Waals surface area contributed by atoms with Gasteiger partial charge in [0, 0.05) is 29.1 Å². The maximum Gasteiger partial charge on any atom is 0.252 e. The number of hydrogen-bond acceptors (Lipinski definition) is 4. The highest BCUT2D eigenvalue weighted by Gasteiger charge is 2.51. The molecule has 2 atom stereocenters. The lowest BCUT2D eigenvalue weighted by atomic mass is 9.92. The molecule has 3 aliphatic rings. The molecule has 5 rings (SSSR count). The van der Waals surface area contributed by atoms with E-state index in [1.54, 1.807) is 7.11 Å². The number of H-pyrrole nitrogens is 1. The van der Waals surface area contributed by atoms with Crippen LogP contribution in [0.5, 0.6) is 5.75 Å². The molecule has 2 aliphatic heterocycles. The molecule has 6 nitrogen and oxygen atoms in total. The van der Waals surface area contributed by atoms with Crippen LogP contribution in [0, 0.1) is 0 Å². The predicted molar refractivity (Wildman–Crippen MR) is 110 cm³/mol. The van der Waals surface area contributed by atoms with E-state index < -0.39 is 0 Å². The van der Waals surface area contributed by atoms with Gasteiger partial charge in [-0.2, -0.15) is 0 Å². The van der Waals surface area contributed by atoms with Crippen LogP contribution in [0.1, 0.15) is 49.4 Å². The summed E-state index contributed by atoms with van der Waals surface area (Å²) < 4.78 is 5.39. The number of aliphatic hydroxyl groups is 1. The van der Waals surface area contributed by atoms with Crippen molar-refractivity contribution in [2.45, 2.75) is 56.7 Å². The van der Waals surface area contributed by atoms with Crippen LogP contribution in [-0.4, -0.2) is 56.7 Å². The lowest BCUT2D eigenvalue weighted by Gasteiger charge is -2.36. The second-order valence-corrected chi connectivity index (χ2v) is 8.40. The molecular weight excluding hydrogens is 374 g/mol. The first-order chi connectivity index (χ1) is 13.6. The number of nitrogens with one attached hydrogen (secondary N) is 1. The number of ether oxygens (including phenoxy) is 1. The van der Waals surface area contributed by atoms with E-state index >= 15 is 0 Å². The van der Waals surface area contributed by atoms with Crippen molar-refractivity contribution in [2.24, 2.45) is 0 Å². The SMILES string of the molecule is COc1ccc2[nH]c3c(c2c1)CC1C(=O)N(C2CCCCC2)C(=S)N1C3CO. The zero-order valence-electron chi connectivity index (χ0n) is 16.0. The molecule has 0 bridgehead atoms. The van der Waals surface area contributed by atoms with Crippen molar-refractivity contribution in [1.82, 2.24) is 14.8 Å². The van der Waals surface area contributed by atoms with E-state index in [-0.39, 0.29) is 30.6 Å². The number of hydrogen-bond donors (Lipinski definition) is 2. The minimum atomic E-state index is -0.329. The fourth-order valence-electron chi connectivity index (χ4n) is 5.23. The average molecular weight is 400 g/mol. The number of fused-ring (bicyclic) bond motifs is 4. The summed E-state index contributed by atoms with van der Waals surface area (Å²) in [5.41, 5.74) is 3.05. The standard InChI is InChI=1S/C21H25N3O3S/c1-27-13-7-8-16-14(9-13)15-10-17-20(26)23(12-5-3-2-4-6-12)21(28)24(17)18(11-25)19(15)22-16/h7-9,12,17-18,22,25H,2-6,10-11H2,1H3. The fraction of sp³-hybridized carbons (Fsp3) is 0.524. The predicted octanol–water partition coefficient (Wildman–Crippen LogP) is 2.90. The van der Waals surface area contributed by atoms with Crippen molar-refractivity contribution < 1.29 is 14.6 Å². The first kappa shape index (κ1) is 17.9. The van der Waals surface area contributed by atoms with Gasteiger partial charge in [0.1, 0.15) is 11.8 Å². The number of benzene rings is 1. The molecule has 3 heterocycles. The van der Waals surface area contributed by atoms with Gasteiger partial charge in [0.2, 0.25) is 0 Å². The van der Waals surface area contributed by atoms with Gasteiger partial charge in [0.05, 0.1) is 19.8 Å². The van der Waals surface area contributed by atoms with Crippen molar-refractivity contribution in [3.8, 4) is 5.75 Å². The van der Waals surface area contributed by atoms with Crippen molar-refractivity contribution in [2.75, 3.05) is 13.7 Å². The second kappa shape index (κ2) is 6.74. The highest BCUT2D eigenvalue weighted by molar-refractivity contribution is 7.80. The number of rotatable bonds is 3. The minimum Gasteiger partial charge on any atom is -0.497 e. The Labute approximate surface area is 169 Å². The number of aliphatic hydroxyl groups excluding tert-OH is 1. The first-order valence-electron chi connectivity index (χ1n) is 10.1. The molecule has 0 spiro atoms. The van der Waals surface area contributed by atoms with Gasteiger partial charge in [-0.3, -0.25) is 9.69 Å². The van der Waals surface area contributed by atoms with Crippen LogP contribution >= 0.6 is 12.2 Å². The third-order valence-electron chi connectivity index (χ3n) is 6.61. The van der Waals surface area contributed by atoms with Gasteiger partial charge in [0.15, 0.2) is 5.11 Å². The Bertz CT molecular complexity index is 950. The zero-order valence-corrected chi connectivity index (χ0v) is 16.8. The van der Waals surface area contributed by atoms with Gasteiger partial charge in [-0.05, 0) is 48.8 Å². The van der Waals surface area contributed by atoms with Gasteiger partial charge in [-0.1, -0.05) is 19.3 Å². The highest BCUT2D eigenvalue weighted by atomic mass is 32.1. The molecule has 148 valence electrons. The molecule has 7 heteroatoms. The normalized spacial score (nSPS) is 25.4. The summed E-state index contributed by atoms with van der Waals surface area (Å²) >= 11 is 5.78. The Morgan fingerprint density at radius 2 is 2.07 bits per heavy atom. The summed E-state index contributed by atoms with van der Waals surface area (Å²) in [6, 6.07) is 5.46. The molecule has 2 fully saturated rings. The van der Waals surface area contributed by atoms with Crippen LogP contribution in [0.25, 0.3) is 10.9 Å². The molecule has 1 saturated carbocycles. The Hall–Kier alpha value is -2.12. The summed E-state index contributed by atoms with van der Waals surface area (Å²) in [7, 11) is 1.65. The first-order valence-corrected chi connectivity index (χ1v) is 10.5. The Morgan fingerprint density at radius 1 is 1.29 bits per heavy atom. The summed E-state index contributed by atoms with van der Waals surface area (Å²) in [6.07, 6.45) is 6.16. The number of carbonyl (C=O) groups is 1. The number of nitrogens with zero attached hydrogens (tertiary/aromatic N) is 2. The highest BCUT2D eigenvalue weighted by Crippen LogP contribution is 2.42. The maximum atomic E-state index is 13.4. The van der Waals surface area contributed by atoms with Crippen molar-refractivity contribution in [1.29, 1.82) is 0 Å². The lowest BCUT2D eigenvalue weighted by Crippen LogP contribution is -2.45. The average Bonchev–Trinajstić information content (AvgIpc) is 3.21. The van der Waals surface area contributed by atoms with E-state index in [4.69, 9.17) is 17.0 Å². The van der Waals surface area contributed by atoms with Crippen LogP contribution in [-0.2, 0) is 11.2 Å². The number of aromatic nitrogens is 1. The van der Waals surface area contributed by atoms with Crippen LogP contribution in [0.2, 0.25) is 0 Å². The van der Waals surface area contributed by atoms with Gasteiger partial charge in [-0.25, -0.2) is 0 Å². The molecule has 1 aromatic heterocycles. The molecular formula is C21H25N3O3S. The molecule has 1 aliphatic carbocycles. The van der Waals surface area contributed by atoms with E-state index in [1.165, 1.54) is 6.42 Å². The largest absolute Gasteiger partial charge is 0.497 e. The molecule has 1 aromatic carbocycles. The number of amides is 1. The van der Waals surface area contributed by atoms with Gasteiger partial charge < -0.3 is 19.7 Å². The van der Waals surface area contributed by atoms with Gasteiger partial charge >= 0.3 is 0 Å². The number of thiocarbonyl (C=S) groups is 1. The fourth-order valence-corrected chi connectivity index (χ4v) is 5.73. The van der Waals surface area contributed by atoms with Crippen LogP contribution in [0.4, 0.5) is 0 Å². The Kier molecular flexibility index (Phi) is 4.32. The monoisotopic (exact) mass is 399 g/mol. The molecule has 28 heavy (non-hydrogen) atoms. The topological polar surface area (TPSA) is 68.8 Å². The Balaban J connectivity index is 1.57. The maximum absolute atomic E-state index is 13.4. The second-order valence-electron chi connectivity index (χ2n) is 8.04. The smallest absolute Gasteiger partial charge is 0.252 e. The molecule has 1 saturated heterocycles. The number of carbonyl (C=O) groups excluding carboxylic acids is 1. The molecule has 2 aromatic rings. The van der Waals surface area contributed by atoms with Gasteiger partial charge in [-0.15, -0.1) is 0 Å². The van der Waals surface area contributed by atoms with E-state index in [2.05, 4.69) is 4.98 Å². The van der Waals surface area contributed by atoms with E-state index in [9.17, 15) is 9.90 Å². The quantitative estimate of drug-likeness (QED) is 0.777. The third-order valence-corrected chi connectivity index (χ3v) is 7.02. The van der Waals surface area contributed by atoms with E-state index in [1.807, 2.05) is 28.0 Å². The van der Waals surface area contributed by atoms with E-state index in [0.29, 0.717) is 11.5 Å². The lowest BCUT2D eigenvalue weighted by molar-refractivity contribution is -0.130. The van der Waals surface area contributed by atoms with Crippen LogP contribution in [0.3, 0.4) is 0 Å². The zero-order chi connectivity index (χ0) is 19.4. The summed E-state index contributed by atoms with van der Waals surface area (Å²) in [4.78, 5) is 20.7. The molecule has 1 amide bonds. The summed E-state index contributed by atoms with van der Waals surface area (Å²) in [5, 5.41) is 11.9. The van der Waals surface area contributed by atoms with Crippen molar-refractivity contribution in [3.05, 3.63) is 29.5 Å². The summed E-state index contributed by atoms with van der Waals surface area (Å²) in [5.74, 6) is 0.882. The van der Waals surface area contributed by atoms with Gasteiger partial charge in [0.25, 0.3) is 5.91 Å². The van der Waals surface area contributed by atoms with Crippen molar-refractivity contribution in [3.63, 3.8) is 0 Å². The Morgan fingerprint density at radius 3 is 2.79 bits per heavy atom. The minimum absolute atomic E-state index is 0.0839. The summed E-state index contributed by atoms with van der Waals surface area (Å²) in [6.45, 7) is -0.0839.